The van der Waals surface area contributed by atoms with Gasteiger partial charge < -0.3 is 5.32 Å². The molecule has 2 unspecified atom stereocenters. The van der Waals surface area contributed by atoms with Crippen molar-refractivity contribution in [3.8, 4) is 0 Å². The van der Waals surface area contributed by atoms with Crippen LogP contribution in [0.1, 0.15) is 65.3 Å². The van der Waals surface area contributed by atoms with Crippen LogP contribution in [0, 0.1) is 18.8 Å². The van der Waals surface area contributed by atoms with Gasteiger partial charge in [-0.2, -0.15) is 0 Å². The van der Waals surface area contributed by atoms with Crippen molar-refractivity contribution in [2.24, 2.45) is 11.8 Å². The van der Waals surface area contributed by atoms with Crippen molar-refractivity contribution in [2.45, 2.75) is 72.3 Å². The van der Waals surface area contributed by atoms with Crippen LogP contribution >= 0.6 is 11.6 Å². The van der Waals surface area contributed by atoms with Crippen LogP contribution in [0.25, 0.3) is 0 Å². The Morgan fingerprint density at radius 1 is 1.05 bits per heavy atom. The second kappa shape index (κ2) is 6.12. The van der Waals surface area contributed by atoms with E-state index in [1.807, 2.05) is 6.92 Å². The van der Waals surface area contributed by atoms with Gasteiger partial charge in [0.1, 0.15) is 16.8 Å². The third kappa shape index (κ3) is 4.09. The lowest BCUT2D eigenvalue weighted by molar-refractivity contribution is 0.280. The molecule has 118 valence electrons. The van der Waals surface area contributed by atoms with E-state index in [9.17, 15) is 0 Å². The third-order valence-electron chi connectivity index (χ3n) is 4.28. The van der Waals surface area contributed by atoms with E-state index >= 15 is 0 Å². The molecule has 2 atom stereocenters. The number of hydrogen-bond donors (Lipinski definition) is 1. The Hall–Kier alpha value is -0.830. The lowest BCUT2D eigenvalue weighted by Crippen LogP contribution is -2.31. The standard InChI is InChI=1S/C17H28ClN3/c1-10-7-11(2)9-13(8-10)19-15-12(3)14(18)20-16(21-15)17(4,5)6/h10-11,13H,7-9H2,1-6H3,(H,19,20,21). The first kappa shape index (κ1) is 16.5. The zero-order valence-corrected chi connectivity index (χ0v) is 14.9. The summed E-state index contributed by atoms with van der Waals surface area (Å²) in [5.74, 6) is 3.25. The zero-order chi connectivity index (χ0) is 15.8. The maximum absolute atomic E-state index is 6.31. The minimum atomic E-state index is -0.0963. The summed E-state index contributed by atoms with van der Waals surface area (Å²) in [6.45, 7) is 13.0. The fourth-order valence-electron chi connectivity index (χ4n) is 3.22. The largest absolute Gasteiger partial charge is 0.367 e. The van der Waals surface area contributed by atoms with Crippen LogP contribution in [0.15, 0.2) is 0 Å². The van der Waals surface area contributed by atoms with Crippen LogP contribution < -0.4 is 5.32 Å². The van der Waals surface area contributed by atoms with E-state index in [2.05, 4.69) is 44.9 Å². The van der Waals surface area contributed by atoms with Gasteiger partial charge in [0.25, 0.3) is 0 Å². The summed E-state index contributed by atoms with van der Waals surface area (Å²) in [5.41, 5.74) is 0.858. The number of rotatable bonds is 2. The van der Waals surface area contributed by atoms with E-state index in [1.165, 1.54) is 19.3 Å². The van der Waals surface area contributed by atoms with E-state index in [-0.39, 0.29) is 5.41 Å². The maximum atomic E-state index is 6.31. The molecule has 0 spiro atoms. The Bertz CT molecular complexity index is 497. The second-order valence-electron chi connectivity index (χ2n) is 7.82. The van der Waals surface area contributed by atoms with Crippen molar-refractivity contribution < 1.29 is 0 Å². The van der Waals surface area contributed by atoms with E-state index in [1.54, 1.807) is 0 Å². The van der Waals surface area contributed by atoms with E-state index < -0.39 is 0 Å². The predicted octanol–water partition coefficient (Wildman–Crippen LogP) is 4.97. The smallest absolute Gasteiger partial charge is 0.137 e. The Morgan fingerprint density at radius 3 is 2.14 bits per heavy atom. The molecule has 1 N–H and O–H groups in total. The molecule has 1 aliphatic carbocycles. The molecule has 1 fully saturated rings. The Kier molecular flexibility index (Phi) is 4.82. The van der Waals surface area contributed by atoms with Gasteiger partial charge in [0.2, 0.25) is 0 Å². The first-order chi connectivity index (χ1) is 9.66. The SMILES string of the molecule is Cc1c(Cl)nc(C(C)(C)C)nc1NC1CC(C)CC(C)C1. The van der Waals surface area contributed by atoms with Crippen LogP contribution in [0.5, 0.6) is 0 Å². The minimum Gasteiger partial charge on any atom is -0.367 e. The molecule has 0 aliphatic heterocycles. The molecule has 0 aromatic carbocycles. The first-order valence-corrected chi connectivity index (χ1v) is 8.35. The van der Waals surface area contributed by atoms with Crippen LogP contribution in [0.3, 0.4) is 0 Å². The summed E-state index contributed by atoms with van der Waals surface area (Å²) >= 11 is 6.31. The molecule has 0 radical (unpaired) electrons. The molecule has 4 heteroatoms. The van der Waals surface area contributed by atoms with Gasteiger partial charge in [0.05, 0.1) is 0 Å². The molecular weight excluding hydrogens is 282 g/mol. The summed E-state index contributed by atoms with van der Waals surface area (Å²) in [7, 11) is 0. The maximum Gasteiger partial charge on any atom is 0.137 e. The highest BCUT2D eigenvalue weighted by molar-refractivity contribution is 6.30. The van der Waals surface area contributed by atoms with Crippen LogP contribution in [0.4, 0.5) is 5.82 Å². The van der Waals surface area contributed by atoms with Gasteiger partial charge in [0.15, 0.2) is 0 Å². The second-order valence-corrected chi connectivity index (χ2v) is 8.18. The molecular formula is C17H28ClN3. The summed E-state index contributed by atoms with van der Waals surface area (Å²) in [4.78, 5) is 9.18. The monoisotopic (exact) mass is 309 g/mol. The average Bonchev–Trinajstić information content (AvgIpc) is 2.32. The summed E-state index contributed by atoms with van der Waals surface area (Å²) in [6, 6.07) is 0.487. The average molecular weight is 310 g/mol. The van der Waals surface area contributed by atoms with Gasteiger partial charge in [-0.05, 0) is 38.0 Å². The third-order valence-corrected chi connectivity index (χ3v) is 4.64. The molecule has 2 rings (SSSR count). The highest BCUT2D eigenvalue weighted by Gasteiger charge is 2.26. The summed E-state index contributed by atoms with van der Waals surface area (Å²) < 4.78 is 0. The van der Waals surface area contributed by atoms with E-state index in [0.717, 1.165) is 29.0 Å². The first-order valence-electron chi connectivity index (χ1n) is 7.98. The topological polar surface area (TPSA) is 37.8 Å². The molecule has 0 saturated heterocycles. The molecule has 1 aromatic heterocycles. The Balaban J connectivity index is 2.25. The lowest BCUT2D eigenvalue weighted by Gasteiger charge is -2.33. The van der Waals surface area contributed by atoms with Crippen molar-refractivity contribution in [2.75, 3.05) is 5.32 Å². The number of nitrogens with one attached hydrogen (secondary N) is 1. The predicted molar refractivity (Wildman–Crippen MR) is 90.1 cm³/mol. The fourth-order valence-corrected chi connectivity index (χ4v) is 3.39. The molecule has 1 saturated carbocycles. The lowest BCUT2D eigenvalue weighted by atomic mass is 9.80. The Morgan fingerprint density at radius 2 is 1.62 bits per heavy atom. The molecule has 1 aliphatic rings. The minimum absolute atomic E-state index is 0.0963. The molecule has 0 bridgehead atoms. The number of nitrogens with zero attached hydrogens (tertiary/aromatic N) is 2. The van der Waals surface area contributed by atoms with E-state index in [0.29, 0.717) is 11.2 Å². The van der Waals surface area contributed by atoms with Crippen LogP contribution in [-0.4, -0.2) is 16.0 Å². The molecule has 0 amide bonds. The van der Waals surface area contributed by atoms with Gasteiger partial charge in [-0.3, -0.25) is 0 Å². The summed E-state index contributed by atoms with van der Waals surface area (Å²) in [5, 5.41) is 4.19. The normalized spacial score (nSPS) is 26.7. The molecule has 1 heterocycles. The van der Waals surface area contributed by atoms with Gasteiger partial charge in [-0.25, -0.2) is 9.97 Å². The van der Waals surface area contributed by atoms with Gasteiger partial charge >= 0.3 is 0 Å². The van der Waals surface area contributed by atoms with Crippen molar-refractivity contribution in [3.05, 3.63) is 16.5 Å². The van der Waals surface area contributed by atoms with Crippen LogP contribution in [-0.2, 0) is 5.41 Å². The van der Waals surface area contributed by atoms with Gasteiger partial charge in [-0.1, -0.05) is 46.2 Å². The van der Waals surface area contributed by atoms with Gasteiger partial charge in [0, 0.05) is 17.0 Å². The number of aromatic nitrogens is 2. The zero-order valence-electron chi connectivity index (χ0n) is 14.1. The quantitative estimate of drug-likeness (QED) is 0.784. The molecule has 1 aromatic rings. The van der Waals surface area contributed by atoms with Gasteiger partial charge in [-0.15, -0.1) is 0 Å². The van der Waals surface area contributed by atoms with Crippen molar-refractivity contribution >= 4 is 17.4 Å². The number of anilines is 1. The number of halogens is 1. The van der Waals surface area contributed by atoms with E-state index in [4.69, 9.17) is 16.6 Å². The molecule has 21 heavy (non-hydrogen) atoms. The fraction of sp³-hybridized carbons (Fsp3) is 0.765. The van der Waals surface area contributed by atoms with Crippen LogP contribution in [0.2, 0.25) is 5.15 Å². The molecule has 3 nitrogen and oxygen atoms in total. The van der Waals surface area contributed by atoms with Crippen molar-refractivity contribution in [3.63, 3.8) is 0 Å². The summed E-state index contributed by atoms with van der Waals surface area (Å²) in [6.07, 6.45) is 3.74. The number of hydrogen-bond acceptors (Lipinski definition) is 3. The van der Waals surface area contributed by atoms with Crippen molar-refractivity contribution in [1.82, 2.24) is 9.97 Å². The highest BCUT2D eigenvalue weighted by Crippen LogP contribution is 2.32. The highest BCUT2D eigenvalue weighted by atomic mass is 35.5. The van der Waals surface area contributed by atoms with Crippen molar-refractivity contribution in [1.29, 1.82) is 0 Å². The Labute approximate surface area is 133 Å².